The Labute approximate surface area is 92.6 Å². The SMILES string of the molecule is CCCC(=O)N1CCCC(NC)C1.Cl. The molecule has 0 aromatic carbocycles. The van der Waals surface area contributed by atoms with Crippen LogP contribution in [0.15, 0.2) is 0 Å². The van der Waals surface area contributed by atoms with Crippen LogP contribution in [0.4, 0.5) is 0 Å². The van der Waals surface area contributed by atoms with Crippen molar-refractivity contribution in [2.45, 2.75) is 38.6 Å². The van der Waals surface area contributed by atoms with Crippen molar-refractivity contribution < 1.29 is 4.79 Å². The highest BCUT2D eigenvalue weighted by Crippen LogP contribution is 2.11. The highest BCUT2D eigenvalue weighted by atomic mass is 35.5. The Bertz CT molecular complexity index is 176. The minimum Gasteiger partial charge on any atom is -0.341 e. The second-order valence-corrected chi connectivity index (χ2v) is 3.72. The second-order valence-electron chi connectivity index (χ2n) is 3.72. The van der Waals surface area contributed by atoms with Gasteiger partial charge in [0.05, 0.1) is 0 Å². The summed E-state index contributed by atoms with van der Waals surface area (Å²) in [6, 6.07) is 0.509. The predicted molar refractivity (Wildman–Crippen MR) is 60.8 cm³/mol. The fourth-order valence-corrected chi connectivity index (χ4v) is 1.81. The Morgan fingerprint density at radius 1 is 1.57 bits per heavy atom. The Kier molecular flexibility index (Phi) is 6.93. The van der Waals surface area contributed by atoms with Crippen LogP contribution in [0.25, 0.3) is 0 Å². The van der Waals surface area contributed by atoms with Crippen molar-refractivity contribution in [1.29, 1.82) is 0 Å². The topological polar surface area (TPSA) is 32.3 Å². The molecule has 1 amide bonds. The molecule has 1 rings (SSSR count). The number of piperidine rings is 1. The molecule has 0 bridgehead atoms. The first-order chi connectivity index (χ1) is 6.27. The average molecular weight is 221 g/mol. The molecule has 4 heteroatoms. The van der Waals surface area contributed by atoms with Crippen LogP contribution in [0.2, 0.25) is 0 Å². The Morgan fingerprint density at radius 3 is 2.86 bits per heavy atom. The van der Waals surface area contributed by atoms with Gasteiger partial charge in [0.25, 0.3) is 0 Å². The third-order valence-electron chi connectivity index (χ3n) is 2.65. The van der Waals surface area contributed by atoms with E-state index in [0.29, 0.717) is 18.4 Å². The number of amides is 1. The molecular formula is C10H21ClN2O. The highest BCUT2D eigenvalue weighted by Gasteiger charge is 2.21. The standard InChI is InChI=1S/C10H20N2O.ClH/c1-3-5-10(13)12-7-4-6-9(8-12)11-2;/h9,11H,3-8H2,1-2H3;1H. The number of rotatable bonds is 3. The van der Waals surface area contributed by atoms with Gasteiger partial charge < -0.3 is 10.2 Å². The smallest absolute Gasteiger partial charge is 0.222 e. The van der Waals surface area contributed by atoms with Gasteiger partial charge in [-0.3, -0.25) is 4.79 Å². The number of hydrogen-bond donors (Lipinski definition) is 1. The van der Waals surface area contributed by atoms with Crippen molar-refractivity contribution >= 4 is 18.3 Å². The average Bonchev–Trinajstić information content (AvgIpc) is 2.18. The number of likely N-dealkylation sites (N-methyl/N-ethyl adjacent to an activating group) is 1. The summed E-state index contributed by atoms with van der Waals surface area (Å²) < 4.78 is 0. The zero-order valence-electron chi connectivity index (χ0n) is 9.08. The lowest BCUT2D eigenvalue weighted by atomic mass is 10.1. The molecule has 1 heterocycles. The summed E-state index contributed by atoms with van der Waals surface area (Å²) in [5, 5.41) is 3.24. The van der Waals surface area contributed by atoms with Gasteiger partial charge in [-0.1, -0.05) is 6.92 Å². The zero-order valence-corrected chi connectivity index (χ0v) is 9.90. The maximum absolute atomic E-state index is 11.6. The van der Waals surface area contributed by atoms with Crippen molar-refractivity contribution in [1.82, 2.24) is 10.2 Å². The lowest BCUT2D eigenvalue weighted by Crippen LogP contribution is -2.46. The number of halogens is 1. The number of hydrogen-bond acceptors (Lipinski definition) is 2. The van der Waals surface area contributed by atoms with E-state index in [0.717, 1.165) is 25.9 Å². The number of nitrogens with zero attached hydrogens (tertiary/aromatic N) is 1. The van der Waals surface area contributed by atoms with Crippen molar-refractivity contribution in [3.63, 3.8) is 0 Å². The first-order valence-corrected chi connectivity index (χ1v) is 5.23. The van der Waals surface area contributed by atoms with E-state index in [1.54, 1.807) is 0 Å². The van der Waals surface area contributed by atoms with Crippen molar-refractivity contribution in [2.24, 2.45) is 0 Å². The highest BCUT2D eigenvalue weighted by molar-refractivity contribution is 5.85. The minimum absolute atomic E-state index is 0. The molecule has 1 aliphatic rings. The maximum atomic E-state index is 11.6. The molecule has 0 saturated carbocycles. The molecule has 1 saturated heterocycles. The van der Waals surface area contributed by atoms with E-state index in [4.69, 9.17) is 0 Å². The van der Waals surface area contributed by atoms with Gasteiger partial charge >= 0.3 is 0 Å². The van der Waals surface area contributed by atoms with Gasteiger partial charge in [-0.25, -0.2) is 0 Å². The van der Waals surface area contributed by atoms with Crippen LogP contribution in [-0.2, 0) is 4.79 Å². The molecule has 0 spiro atoms. The first kappa shape index (κ1) is 13.7. The number of carbonyl (C=O) groups is 1. The molecule has 0 aromatic rings. The molecule has 1 fully saturated rings. The van der Waals surface area contributed by atoms with Gasteiger partial charge in [0.2, 0.25) is 5.91 Å². The normalized spacial score (nSPS) is 21.6. The van der Waals surface area contributed by atoms with Gasteiger partial charge in [0.15, 0.2) is 0 Å². The summed E-state index contributed by atoms with van der Waals surface area (Å²) in [5.74, 6) is 0.322. The van der Waals surface area contributed by atoms with Crippen molar-refractivity contribution in [3.05, 3.63) is 0 Å². The molecule has 3 nitrogen and oxygen atoms in total. The lowest BCUT2D eigenvalue weighted by molar-refractivity contribution is -0.132. The van der Waals surface area contributed by atoms with E-state index in [9.17, 15) is 4.79 Å². The Hall–Kier alpha value is -0.280. The summed E-state index contributed by atoms with van der Waals surface area (Å²) in [6.45, 7) is 3.91. The molecule has 0 aromatic heterocycles. The van der Waals surface area contributed by atoms with Crippen LogP contribution in [-0.4, -0.2) is 37.0 Å². The molecule has 1 N–H and O–H groups in total. The van der Waals surface area contributed by atoms with E-state index >= 15 is 0 Å². The summed E-state index contributed by atoms with van der Waals surface area (Å²) in [6.07, 6.45) is 4.00. The maximum Gasteiger partial charge on any atom is 0.222 e. The minimum atomic E-state index is 0. The fourth-order valence-electron chi connectivity index (χ4n) is 1.81. The van der Waals surface area contributed by atoms with Crippen molar-refractivity contribution in [2.75, 3.05) is 20.1 Å². The number of nitrogens with one attached hydrogen (secondary N) is 1. The fraction of sp³-hybridized carbons (Fsp3) is 0.900. The van der Waals surface area contributed by atoms with E-state index < -0.39 is 0 Å². The third kappa shape index (κ3) is 3.84. The van der Waals surface area contributed by atoms with Crippen LogP contribution in [0.3, 0.4) is 0 Å². The largest absolute Gasteiger partial charge is 0.341 e. The van der Waals surface area contributed by atoms with E-state index in [-0.39, 0.29) is 12.4 Å². The van der Waals surface area contributed by atoms with E-state index in [2.05, 4.69) is 12.2 Å². The molecular weight excluding hydrogens is 200 g/mol. The molecule has 14 heavy (non-hydrogen) atoms. The second kappa shape index (κ2) is 7.07. The number of likely N-dealkylation sites (tertiary alicyclic amines) is 1. The van der Waals surface area contributed by atoms with E-state index in [1.165, 1.54) is 6.42 Å². The predicted octanol–water partition coefficient (Wildman–Crippen LogP) is 1.42. The summed E-state index contributed by atoms with van der Waals surface area (Å²) in [7, 11) is 1.97. The van der Waals surface area contributed by atoms with Crippen LogP contribution < -0.4 is 5.32 Å². The summed E-state index contributed by atoms with van der Waals surface area (Å²) in [4.78, 5) is 13.6. The first-order valence-electron chi connectivity index (χ1n) is 5.23. The quantitative estimate of drug-likeness (QED) is 0.781. The number of carbonyl (C=O) groups excluding carboxylic acids is 1. The monoisotopic (exact) mass is 220 g/mol. The molecule has 1 atom stereocenters. The lowest BCUT2D eigenvalue weighted by Gasteiger charge is -2.32. The van der Waals surface area contributed by atoms with Gasteiger partial charge in [-0.2, -0.15) is 0 Å². The molecule has 1 unspecified atom stereocenters. The summed E-state index contributed by atoms with van der Waals surface area (Å²) >= 11 is 0. The Balaban J connectivity index is 0.00000169. The third-order valence-corrected chi connectivity index (χ3v) is 2.65. The van der Waals surface area contributed by atoms with Crippen LogP contribution >= 0.6 is 12.4 Å². The van der Waals surface area contributed by atoms with Crippen LogP contribution in [0.5, 0.6) is 0 Å². The van der Waals surface area contributed by atoms with Gasteiger partial charge in [-0.15, -0.1) is 12.4 Å². The molecule has 0 radical (unpaired) electrons. The van der Waals surface area contributed by atoms with E-state index in [1.807, 2.05) is 11.9 Å². The summed E-state index contributed by atoms with van der Waals surface area (Å²) in [5.41, 5.74) is 0. The molecule has 84 valence electrons. The Morgan fingerprint density at radius 2 is 2.29 bits per heavy atom. The molecule has 1 aliphatic heterocycles. The molecule has 0 aliphatic carbocycles. The van der Waals surface area contributed by atoms with Crippen LogP contribution in [0, 0.1) is 0 Å². The zero-order chi connectivity index (χ0) is 9.68. The van der Waals surface area contributed by atoms with Gasteiger partial charge in [0.1, 0.15) is 0 Å². The van der Waals surface area contributed by atoms with Gasteiger partial charge in [0, 0.05) is 25.6 Å². The van der Waals surface area contributed by atoms with Gasteiger partial charge in [-0.05, 0) is 26.3 Å². The van der Waals surface area contributed by atoms with Crippen molar-refractivity contribution in [3.8, 4) is 0 Å². The van der Waals surface area contributed by atoms with Crippen LogP contribution in [0.1, 0.15) is 32.6 Å².